The zero-order valence-corrected chi connectivity index (χ0v) is 17.3. The molecule has 6 nitrogen and oxygen atoms in total. The first-order valence-electron chi connectivity index (χ1n) is 8.12. The summed E-state index contributed by atoms with van der Waals surface area (Å²) in [5.41, 5.74) is 0.775. The van der Waals surface area contributed by atoms with Gasteiger partial charge in [0.15, 0.2) is 5.78 Å². The van der Waals surface area contributed by atoms with Crippen LogP contribution in [0.1, 0.15) is 12.5 Å². The van der Waals surface area contributed by atoms with Crippen LogP contribution in [0.4, 0.5) is 4.79 Å². The molecule has 0 N–H and O–H groups in total. The van der Waals surface area contributed by atoms with Crippen LogP contribution in [0.3, 0.4) is 0 Å². The maximum Gasteiger partial charge on any atom is 0.423 e. The van der Waals surface area contributed by atoms with Crippen molar-refractivity contribution in [2.24, 2.45) is 0 Å². The largest absolute Gasteiger partial charge is 0.452 e. The van der Waals surface area contributed by atoms with Crippen molar-refractivity contribution in [1.29, 1.82) is 0 Å². The molecule has 0 saturated heterocycles. The van der Waals surface area contributed by atoms with Gasteiger partial charge in [0.25, 0.3) is 0 Å². The quantitative estimate of drug-likeness (QED) is 0.643. The average Bonchev–Trinajstić information content (AvgIpc) is 2.52. The molecule has 0 spiro atoms. The second-order valence-corrected chi connectivity index (χ2v) is 14.8. The maximum atomic E-state index is 12.8. The Kier molecular flexibility index (Phi) is 7.37. The molecule has 0 aliphatic rings. The van der Waals surface area contributed by atoms with Crippen LogP contribution in [0.5, 0.6) is 0 Å². The highest BCUT2D eigenvalue weighted by molar-refractivity contribution is 7.89. The van der Waals surface area contributed by atoms with Crippen LogP contribution < -0.4 is 0 Å². The lowest BCUT2D eigenvalue weighted by Gasteiger charge is -2.29. The fraction of sp³-hybridized carbons (Fsp3) is 0.529. The lowest BCUT2D eigenvalue weighted by molar-refractivity contribution is -0.120. The summed E-state index contributed by atoms with van der Waals surface area (Å²) in [7, 11) is -4.48. The Morgan fingerprint density at radius 3 is 2.16 bits per heavy atom. The van der Waals surface area contributed by atoms with E-state index >= 15 is 0 Å². The molecule has 0 heterocycles. The molecule has 0 aromatic heterocycles. The zero-order valence-electron chi connectivity index (χ0n) is 15.5. The number of nitrogens with zero attached hydrogens (tertiary/aromatic N) is 1. The molecule has 1 aromatic carbocycles. The predicted molar refractivity (Wildman–Crippen MR) is 101 cm³/mol. The van der Waals surface area contributed by atoms with Crippen LogP contribution in [-0.2, 0) is 26.0 Å². The smallest absolute Gasteiger partial charge is 0.423 e. The minimum Gasteiger partial charge on any atom is -0.452 e. The molecule has 0 aliphatic heterocycles. The van der Waals surface area contributed by atoms with Crippen molar-refractivity contribution >= 4 is 30.0 Å². The number of benzene rings is 1. The molecular formula is C17H27NO5SSi. The Bertz CT molecular complexity index is 697. The summed E-state index contributed by atoms with van der Waals surface area (Å²) in [6.07, 6.45) is -0.899. The Morgan fingerprint density at radius 1 is 1.16 bits per heavy atom. The van der Waals surface area contributed by atoms with Gasteiger partial charge in [0.1, 0.15) is 6.04 Å². The van der Waals surface area contributed by atoms with Crippen LogP contribution in [-0.4, -0.2) is 51.6 Å². The number of sulfonamides is 1. The van der Waals surface area contributed by atoms with Crippen molar-refractivity contribution < 1.29 is 22.7 Å². The summed E-state index contributed by atoms with van der Waals surface area (Å²) in [5, 5.41) is 0. The van der Waals surface area contributed by atoms with E-state index in [0.717, 1.165) is 12.7 Å². The third-order valence-electron chi connectivity index (χ3n) is 3.79. The summed E-state index contributed by atoms with van der Waals surface area (Å²) in [6, 6.07) is 8.40. The highest BCUT2D eigenvalue weighted by Crippen LogP contribution is 2.19. The fourth-order valence-corrected chi connectivity index (χ4v) is 6.88. The van der Waals surface area contributed by atoms with E-state index < -0.39 is 36.0 Å². The Balaban J connectivity index is 3.20. The summed E-state index contributed by atoms with van der Waals surface area (Å²) in [6.45, 7) is 7.45. The predicted octanol–water partition coefficient (Wildman–Crippen LogP) is 2.92. The van der Waals surface area contributed by atoms with Gasteiger partial charge in [-0.3, -0.25) is 4.79 Å². The average molecular weight is 386 g/mol. The molecule has 1 aromatic rings. The summed E-state index contributed by atoms with van der Waals surface area (Å²) in [5.74, 6) is -0.568. The number of ketones is 1. The van der Waals surface area contributed by atoms with E-state index in [2.05, 4.69) is 24.4 Å². The minimum atomic E-state index is -3.96. The maximum absolute atomic E-state index is 12.8. The number of hydrogen-bond donors (Lipinski definition) is 0. The first-order valence-corrected chi connectivity index (χ1v) is 13.4. The van der Waals surface area contributed by atoms with E-state index in [1.807, 2.05) is 6.07 Å². The van der Waals surface area contributed by atoms with Crippen LogP contribution in [0, 0.1) is 0 Å². The molecule has 1 amide bonds. The second kappa shape index (κ2) is 8.62. The highest BCUT2D eigenvalue weighted by Gasteiger charge is 2.38. The number of hydrogen-bond acceptors (Lipinski definition) is 5. The van der Waals surface area contributed by atoms with Gasteiger partial charge in [0.2, 0.25) is 10.0 Å². The Labute approximate surface area is 151 Å². The second-order valence-electron chi connectivity index (χ2n) is 7.21. The molecular weight excluding hydrogens is 358 g/mol. The molecule has 0 saturated carbocycles. The van der Waals surface area contributed by atoms with Gasteiger partial charge in [-0.2, -0.15) is 4.31 Å². The summed E-state index contributed by atoms with van der Waals surface area (Å²) < 4.78 is 30.9. The molecule has 8 heteroatoms. The molecule has 0 radical (unpaired) electrons. The third-order valence-corrected chi connectivity index (χ3v) is 7.62. The lowest BCUT2D eigenvalue weighted by atomic mass is 10.0. The normalized spacial score (nSPS) is 13.2. The van der Waals surface area contributed by atoms with Crippen LogP contribution >= 0.6 is 0 Å². The van der Waals surface area contributed by atoms with Crippen molar-refractivity contribution in [2.75, 3.05) is 12.9 Å². The number of amides is 1. The zero-order chi connectivity index (χ0) is 19.3. The fourth-order valence-electron chi connectivity index (χ4n) is 2.29. The standard InChI is InChI=1S/C17H27NO5SSi/c1-14(19)16(13-15-9-7-6-8-10-15)18(17(20)23-2)24(21,22)11-12-25(3,4)5/h6-10,16H,11-13H2,1-5H3. The minimum absolute atomic E-state index is 0.122. The first kappa shape index (κ1) is 21.4. The van der Waals surface area contributed by atoms with E-state index in [4.69, 9.17) is 0 Å². The van der Waals surface area contributed by atoms with Crippen molar-refractivity contribution in [3.8, 4) is 0 Å². The number of rotatable bonds is 8. The molecule has 0 bridgehead atoms. The van der Waals surface area contributed by atoms with Gasteiger partial charge in [-0.15, -0.1) is 0 Å². The van der Waals surface area contributed by atoms with Gasteiger partial charge >= 0.3 is 6.09 Å². The number of methoxy groups -OCH3 is 1. The monoisotopic (exact) mass is 385 g/mol. The molecule has 0 fully saturated rings. The van der Waals surface area contributed by atoms with Crippen molar-refractivity contribution in [1.82, 2.24) is 4.31 Å². The van der Waals surface area contributed by atoms with Crippen molar-refractivity contribution in [2.45, 2.75) is 45.1 Å². The number of carbonyl (C=O) groups is 2. The summed E-state index contributed by atoms with van der Waals surface area (Å²) in [4.78, 5) is 24.4. The molecule has 1 rings (SSSR count). The van der Waals surface area contributed by atoms with E-state index in [1.54, 1.807) is 24.3 Å². The van der Waals surface area contributed by atoms with E-state index in [-0.39, 0.29) is 12.2 Å². The molecule has 25 heavy (non-hydrogen) atoms. The van der Waals surface area contributed by atoms with Crippen LogP contribution in [0.15, 0.2) is 30.3 Å². The third kappa shape index (κ3) is 6.62. The summed E-state index contributed by atoms with van der Waals surface area (Å²) >= 11 is 0. The van der Waals surface area contributed by atoms with Gasteiger partial charge in [-0.25, -0.2) is 13.2 Å². The van der Waals surface area contributed by atoms with Gasteiger partial charge in [-0.05, 0) is 18.5 Å². The van der Waals surface area contributed by atoms with Crippen molar-refractivity contribution in [3.63, 3.8) is 0 Å². The molecule has 0 aliphatic carbocycles. The Hall–Kier alpha value is -1.67. The highest BCUT2D eigenvalue weighted by atomic mass is 32.2. The van der Waals surface area contributed by atoms with Gasteiger partial charge in [-0.1, -0.05) is 50.0 Å². The Morgan fingerprint density at radius 2 is 1.72 bits per heavy atom. The number of Topliss-reactive ketones (excluding diaryl/α,β-unsaturated/α-hetero) is 1. The SMILES string of the molecule is COC(=O)N(C(Cc1ccccc1)C(C)=O)S(=O)(=O)CC[Si](C)(C)C. The van der Waals surface area contributed by atoms with Crippen molar-refractivity contribution in [3.05, 3.63) is 35.9 Å². The lowest BCUT2D eigenvalue weighted by Crippen LogP contribution is -2.50. The molecule has 1 unspecified atom stereocenters. The first-order chi connectivity index (χ1) is 11.5. The van der Waals surface area contributed by atoms with Gasteiger partial charge in [0.05, 0.1) is 12.9 Å². The molecule has 1 atom stereocenters. The van der Waals surface area contributed by atoms with Crippen LogP contribution in [0.2, 0.25) is 25.7 Å². The van der Waals surface area contributed by atoms with E-state index in [0.29, 0.717) is 10.3 Å². The van der Waals surface area contributed by atoms with Crippen LogP contribution in [0.25, 0.3) is 0 Å². The number of ether oxygens (including phenoxy) is 1. The van der Waals surface area contributed by atoms with Gasteiger partial charge < -0.3 is 4.74 Å². The van der Waals surface area contributed by atoms with E-state index in [1.165, 1.54) is 6.92 Å². The number of carbonyl (C=O) groups excluding carboxylic acids is 2. The van der Waals surface area contributed by atoms with E-state index in [9.17, 15) is 18.0 Å². The molecule has 140 valence electrons. The topological polar surface area (TPSA) is 80.8 Å². The van der Waals surface area contributed by atoms with Gasteiger partial charge in [0, 0.05) is 14.5 Å².